The van der Waals surface area contributed by atoms with E-state index in [1.165, 1.54) is 5.56 Å². The molecular weight excluding hydrogens is 268 g/mol. The Kier molecular flexibility index (Phi) is 3.95. The molecule has 2 aromatic heterocycles. The molecular formula is C16H16N2OS. The number of benzene rings is 1. The highest BCUT2D eigenvalue weighted by molar-refractivity contribution is 7.09. The fourth-order valence-electron chi connectivity index (χ4n) is 2.16. The van der Waals surface area contributed by atoms with E-state index in [-0.39, 0.29) is 6.04 Å². The van der Waals surface area contributed by atoms with Crippen molar-refractivity contribution in [1.29, 1.82) is 0 Å². The van der Waals surface area contributed by atoms with Crippen molar-refractivity contribution >= 4 is 11.3 Å². The molecule has 1 N–H and O–H groups in total. The molecule has 1 aromatic carbocycles. The van der Waals surface area contributed by atoms with Gasteiger partial charge in [-0.15, -0.1) is 11.3 Å². The molecule has 0 radical (unpaired) electrons. The zero-order chi connectivity index (χ0) is 13.8. The lowest BCUT2D eigenvalue weighted by molar-refractivity contribution is 0.445. The number of nitrogens with zero attached hydrogens (tertiary/aromatic N) is 1. The quantitative estimate of drug-likeness (QED) is 0.771. The molecule has 1 unspecified atom stereocenters. The molecule has 0 fully saturated rings. The Hall–Kier alpha value is -1.91. The first-order valence-corrected chi connectivity index (χ1v) is 7.43. The highest BCUT2D eigenvalue weighted by Gasteiger charge is 2.16. The maximum Gasteiger partial charge on any atom is 0.125 e. The molecule has 20 heavy (non-hydrogen) atoms. The zero-order valence-electron chi connectivity index (χ0n) is 11.2. The maximum absolute atomic E-state index is 5.56. The summed E-state index contributed by atoms with van der Waals surface area (Å²) >= 11 is 1.68. The average molecular weight is 284 g/mol. The fourth-order valence-corrected chi connectivity index (χ4v) is 2.88. The Morgan fingerprint density at radius 1 is 1.20 bits per heavy atom. The molecule has 0 spiro atoms. The largest absolute Gasteiger partial charge is 0.467 e. The van der Waals surface area contributed by atoms with Crippen LogP contribution in [0.2, 0.25) is 0 Å². The molecule has 3 aromatic rings. The standard InChI is InChI=1S/C16H16N2OS/c1-12-11-20-15(18-12)10-17-16(14-8-5-9-19-14)13-6-3-2-4-7-13/h2-9,11,16-17H,10H2,1H3. The van der Waals surface area contributed by atoms with Gasteiger partial charge < -0.3 is 4.42 Å². The average Bonchev–Trinajstić information content (AvgIpc) is 3.12. The Morgan fingerprint density at radius 2 is 2.05 bits per heavy atom. The van der Waals surface area contributed by atoms with Gasteiger partial charge >= 0.3 is 0 Å². The SMILES string of the molecule is Cc1csc(CNC(c2ccccc2)c2ccco2)n1. The van der Waals surface area contributed by atoms with Crippen LogP contribution >= 0.6 is 11.3 Å². The number of hydrogen-bond acceptors (Lipinski definition) is 4. The second-order valence-corrected chi connectivity index (χ2v) is 5.57. The molecule has 0 saturated carbocycles. The van der Waals surface area contributed by atoms with E-state index in [9.17, 15) is 0 Å². The van der Waals surface area contributed by atoms with Crippen LogP contribution in [-0.2, 0) is 6.54 Å². The van der Waals surface area contributed by atoms with Gasteiger partial charge in [0.05, 0.1) is 12.3 Å². The monoisotopic (exact) mass is 284 g/mol. The fraction of sp³-hybridized carbons (Fsp3) is 0.188. The molecule has 0 saturated heterocycles. The first-order valence-electron chi connectivity index (χ1n) is 6.55. The summed E-state index contributed by atoms with van der Waals surface area (Å²) in [5.41, 5.74) is 2.26. The highest BCUT2D eigenvalue weighted by atomic mass is 32.1. The summed E-state index contributed by atoms with van der Waals surface area (Å²) < 4.78 is 5.56. The molecule has 0 aliphatic heterocycles. The Balaban J connectivity index is 1.80. The molecule has 0 aliphatic carbocycles. The Morgan fingerprint density at radius 3 is 2.70 bits per heavy atom. The van der Waals surface area contributed by atoms with Crippen LogP contribution < -0.4 is 5.32 Å². The lowest BCUT2D eigenvalue weighted by Gasteiger charge is -2.16. The van der Waals surface area contributed by atoms with E-state index < -0.39 is 0 Å². The van der Waals surface area contributed by atoms with Gasteiger partial charge in [-0.05, 0) is 24.6 Å². The van der Waals surface area contributed by atoms with Gasteiger partial charge in [0, 0.05) is 17.6 Å². The van der Waals surface area contributed by atoms with Gasteiger partial charge in [0.1, 0.15) is 10.8 Å². The number of aromatic nitrogens is 1. The van der Waals surface area contributed by atoms with Gasteiger partial charge in [-0.1, -0.05) is 30.3 Å². The first-order chi connectivity index (χ1) is 9.83. The number of hydrogen-bond donors (Lipinski definition) is 1. The van der Waals surface area contributed by atoms with Crippen LogP contribution in [0.1, 0.15) is 28.1 Å². The van der Waals surface area contributed by atoms with E-state index in [0.29, 0.717) is 0 Å². The van der Waals surface area contributed by atoms with E-state index >= 15 is 0 Å². The topological polar surface area (TPSA) is 38.1 Å². The van der Waals surface area contributed by atoms with Crippen molar-refractivity contribution in [2.24, 2.45) is 0 Å². The summed E-state index contributed by atoms with van der Waals surface area (Å²) in [7, 11) is 0. The second kappa shape index (κ2) is 6.03. The van der Waals surface area contributed by atoms with Gasteiger partial charge in [0.2, 0.25) is 0 Å². The molecule has 1 atom stereocenters. The van der Waals surface area contributed by atoms with Gasteiger partial charge in [-0.2, -0.15) is 0 Å². The van der Waals surface area contributed by atoms with Crippen molar-refractivity contribution in [3.63, 3.8) is 0 Å². The third kappa shape index (κ3) is 2.98. The van der Waals surface area contributed by atoms with E-state index in [1.54, 1.807) is 17.6 Å². The molecule has 102 valence electrons. The maximum atomic E-state index is 5.56. The van der Waals surface area contributed by atoms with Crippen molar-refractivity contribution in [2.45, 2.75) is 19.5 Å². The van der Waals surface area contributed by atoms with Crippen LogP contribution in [0, 0.1) is 6.92 Å². The molecule has 0 aliphatic rings. The third-order valence-corrected chi connectivity index (χ3v) is 4.05. The number of furan rings is 1. The zero-order valence-corrected chi connectivity index (χ0v) is 12.1. The van der Waals surface area contributed by atoms with Crippen molar-refractivity contribution in [3.8, 4) is 0 Å². The summed E-state index contributed by atoms with van der Waals surface area (Å²) in [6.45, 7) is 2.75. The van der Waals surface area contributed by atoms with Crippen molar-refractivity contribution in [1.82, 2.24) is 10.3 Å². The van der Waals surface area contributed by atoms with E-state index in [0.717, 1.165) is 23.0 Å². The van der Waals surface area contributed by atoms with Gasteiger partial charge in [0.25, 0.3) is 0 Å². The van der Waals surface area contributed by atoms with Crippen LogP contribution in [0.3, 0.4) is 0 Å². The van der Waals surface area contributed by atoms with E-state index in [4.69, 9.17) is 4.42 Å². The normalized spacial score (nSPS) is 12.4. The van der Waals surface area contributed by atoms with Crippen LogP contribution in [0.15, 0.2) is 58.5 Å². The van der Waals surface area contributed by atoms with Crippen molar-refractivity contribution in [2.75, 3.05) is 0 Å². The summed E-state index contributed by atoms with van der Waals surface area (Å²) in [6.07, 6.45) is 1.71. The second-order valence-electron chi connectivity index (χ2n) is 4.62. The molecule has 4 heteroatoms. The van der Waals surface area contributed by atoms with Crippen LogP contribution in [0.25, 0.3) is 0 Å². The van der Waals surface area contributed by atoms with Crippen molar-refractivity contribution in [3.05, 3.63) is 76.1 Å². The third-order valence-electron chi connectivity index (χ3n) is 3.08. The molecule has 3 rings (SSSR count). The molecule has 3 nitrogen and oxygen atoms in total. The minimum Gasteiger partial charge on any atom is -0.467 e. The van der Waals surface area contributed by atoms with E-state index in [2.05, 4.69) is 27.8 Å². The summed E-state index contributed by atoms with van der Waals surface area (Å²) in [5.74, 6) is 0.921. The predicted molar refractivity (Wildman–Crippen MR) is 80.7 cm³/mol. The smallest absolute Gasteiger partial charge is 0.125 e. The molecule has 2 heterocycles. The Labute approximate surface area is 122 Å². The number of rotatable bonds is 5. The van der Waals surface area contributed by atoms with E-state index in [1.807, 2.05) is 37.3 Å². The predicted octanol–water partition coefficient (Wildman–Crippen LogP) is 3.92. The molecule has 0 bridgehead atoms. The van der Waals surface area contributed by atoms with Crippen LogP contribution in [0.5, 0.6) is 0 Å². The van der Waals surface area contributed by atoms with Gasteiger partial charge in [-0.3, -0.25) is 5.32 Å². The lowest BCUT2D eigenvalue weighted by atomic mass is 10.0. The number of thiazole rings is 1. The van der Waals surface area contributed by atoms with Crippen LogP contribution in [-0.4, -0.2) is 4.98 Å². The minimum absolute atomic E-state index is 0.0513. The summed E-state index contributed by atoms with van der Waals surface area (Å²) in [4.78, 5) is 4.48. The minimum atomic E-state index is 0.0513. The highest BCUT2D eigenvalue weighted by Crippen LogP contribution is 2.23. The number of aryl methyl sites for hydroxylation is 1. The summed E-state index contributed by atoms with van der Waals surface area (Å²) in [5, 5.41) is 6.69. The van der Waals surface area contributed by atoms with Crippen molar-refractivity contribution < 1.29 is 4.42 Å². The Bertz CT molecular complexity index is 646. The number of nitrogens with one attached hydrogen (secondary N) is 1. The van der Waals surface area contributed by atoms with Gasteiger partial charge in [-0.25, -0.2) is 4.98 Å². The van der Waals surface area contributed by atoms with Crippen LogP contribution in [0.4, 0.5) is 0 Å². The summed E-state index contributed by atoms with van der Waals surface area (Å²) in [6, 6.07) is 14.3. The first kappa shape index (κ1) is 13.1. The van der Waals surface area contributed by atoms with Gasteiger partial charge in [0.15, 0.2) is 0 Å². The lowest BCUT2D eigenvalue weighted by Crippen LogP contribution is -2.21. The molecule has 0 amide bonds.